The van der Waals surface area contributed by atoms with Gasteiger partial charge in [0.15, 0.2) is 0 Å². The molecule has 0 bridgehead atoms. The minimum atomic E-state index is 0.741. The van der Waals surface area contributed by atoms with Crippen LogP contribution in [0.3, 0.4) is 0 Å². The second-order valence-corrected chi connectivity index (χ2v) is 4.39. The molecule has 2 fully saturated rings. The summed E-state index contributed by atoms with van der Waals surface area (Å²) in [4.78, 5) is 10.9. The summed E-state index contributed by atoms with van der Waals surface area (Å²) in [6.45, 7) is 3.37. The predicted octanol–water partition coefficient (Wildman–Crippen LogP) is 0.665. The van der Waals surface area contributed by atoms with Gasteiger partial charge in [-0.3, -0.25) is 0 Å². The number of nitrogens with one attached hydrogen (secondary N) is 1. The average molecular weight is 204 g/mol. The van der Waals surface area contributed by atoms with Crippen molar-refractivity contribution in [1.82, 2.24) is 15.3 Å². The summed E-state index contributed by atoms with van der Waals surface area (Å²) in [5.41, 5.74) is 0. The number of aromatic nitrogens is 2. The lowest BCUT2D eigenvalue weighted by Gasteiger charge is -2.34. The third-order valence-electron chi connectivity index (χ3n) is 3.49. The smallest absolute Gasteiger partial charge is 0.225 e. The minimum absolute atomic E-state index is 0.741. The summed E-state index contributed by atoms with van der Waals surface area (Å²) in [7, 11) is 0. The van der Waals surface area contributed by atoms with Gasteiger partial charge in [-0.25, -0.2) is 9.97 Å². The van der Waals surface area contributed by atoms with Crippen molar-refractivity contribution in [3.8, 4) is 0 Å². The van der Waals surface area contributed by atoms with Gasteiger partial charge in [0.1, 0.15) is 0 Å². The van der Waals surface area contributed by atoms with Crippen LogP contribution >= 0.6 is 0 Å². The summed E-state index contributed by atoms with van der Waals surface area (Å²) < 4.78 is 0. The Kier molecular flexibility index (Phi) is 2.29. The number of hydrogen-bond acceptors (Lipinski definition) is 4. The molecule has 2 saturated heterocycles. The van der Waals surface area contributed by atoms with E-state index in [0.29, 0.717) is 0 Å². The maximum absolute atomic E-state index is 4.31. The maximum Gasteiger partial charge on any atom is 0.225 e. The van der Waals surface area contributed by atoms with Crippen molar-refractivity contribution in [2.24, 2.45) is 5.92 Å². The van der Waals surface area contributed by atoms with Crippen LogP contribution in [0, 0.1) is 5.92 Å². The fraction of sp³-hybridized carbons (Fsp3) is 0.636. The Labute approximate surface area is 89.7 Å². The Hall–Kier alpha value is -1.16. The Balaban J connectivity index is 1.74. The van der Waals surface area contributed by atoms with Crippen LogP contribution in [0.4, 0.5) is 5.95 Å². The van der Waals surface area contributed by atoms with E-state index < -0.39 is 0 Å². The maximum atomic E-state index is 4.31. The van der Waals surface area contributed by atoms with Crippen molar-refractivity contribution in [3.63, 3.8) is 0 Å². The lowest BCUT2D eigenvalue weighted by atomic mass is 9.94. The van der Waals surface area contributed by atoms with Crippen LogP contribution in [-0.4, -0.2) is 35.6 Å². The first-order valence-electron chi connectivity index (χ1n) is 5.69. The summed E-state index contributed by atoms with van der Waals surface area (Å²) in [6.07, 6.45) is 6.17. The molecule has 0 aromatic carbocycles. The number of nitrogens with zero attached hydrogens (tertiary/aromatic N) is 3. The minimum Gasteiger partial charge on any atom is -0.340 e. The molecule has 1 N–H and O–H groups in total. The number of piperidine rings is 1. The number of anilines is 1. The van der Waals surface area contributed by atoms with Crippen molar-refractivity contribution >= 4 is 5.95 Å². The Morgan fingerprint density at radius 2 is 2.13 bits per heavy atom. The van der Waals surface area contributed by atoms with Crippen LogP contribution in [0.15, 0.2) is 18.5 Å². The standard InChI is InChI=1S/C11H16N4/c1-4-13-11(14-5-1)15-7-3-10-9(8-15)2-6-12-10/h1,4-5,9-10,12H,2-3,6-8H2. The molecule has 1 aromatic heterocycles. The van der Waals surface area contributed by atoms with Crippen LogP contribution in [0.5, 0.6) is 0 Å². The molecule has 80 valence electrons. The number of hydrogen-bond donors (Lipinski definition) is 1. The zero-order chi connectivity index (χ0) is 10.1. The Morgan fingerprint density at radius 1 is 1.27 bits per heavy atom. The van der Waals surface area contributed by atoms with Crippen LogP contribution in [-0.2, 0) is 0 Å². The van der Waals surface area contributed by atoms with Gasteiger partial charge >= 0.3 is 0 Å². The summed E-state index contributed by atoms with van der Waals surface area (Å²) in [5.74, 6) is 1.69. The summed E-state index contributed by atoms with van der Waals surface area (Å²) in [5, 5.41) is 3.56. The zero-order valence-corrected chi connectivity index (χ0v) is 8.76. The molecule has 4 nitrogen and oxygen atoms in total. The highest BCUT2D eigenvalue weighted by molar-refractivity contribution is 5.30. The van der Waals surface area contributed by atoms with Gasteiger partial charge in [0.05, 0.1) is 0 Å². The van der Waals surface area contributed by atoms with Crippen molar-refractivity contribution in [2.45, 2.75) is 18.9 Å². The molecule has 0 radical (unpaired) electrons. The molecular formula is C11H16N4. The fourth-order valence-corrected chi connectivity index (χ4v) is 2.68. The predicted molar refractivity (Wildman–Crippen MR) is 58.8 cm³/mol. The van der Waals surface area contributed by atoms with E-state index in [1.54, 1.807) is 0 Å². The molecule has 2 unspecified atom stereocenters. The first-order chi connectivity index (χ1) is 7.43. The van der Waals surface area contributed by atoms with E-state index in [-0.39, 0.29) is 0 Å². The molecule has 0 aliphatic carbocycles. The molecule has 3 heterocycles. The molecule has 0 saturated carbocycles. The van der Waals surface area contributed by atoms with Gasteiger partial charge in [-0.2, -0.15) is 0 Å². The molecule has 15 heavy (non-hydrogen) atoms. The Bertz CT molecular complexity index is 327. The van der Waals surface area contributed by atoms with Crippen LogP contribution < -0.4 is 10.2 Å². The van der Waals surface area contributed by atoms with Gasteiger partial charge in [-0.05, 0) is 31.4 Å². The van der Waals surface area contributed by atoms with Gasteiger partial charge in [-0.15, -0.1) is 0 Å². The van der Waals surface area contributed by atoms with Crippen LogP contribution in [0.2, 0.25) is 0 Å². The molecular weight excluding hydrogens is 188 g/mol. The highest BCUT2D eigenvalue weighted by Crippen LogP contribution is 2.26. The fourth-order valence-electron chi connectivity index (χ4n) is 2.68. The third kappa shape index (κ3) is 1.69. The average Bonchev–Trinajstić information content (AvgIpc) is 2.77. The van der Waals surface area contributed by atoms with Crippen LogP contribution in [0.25, 0.3) is 0 Å². The van der Waals surface area contributed by atoms with Gasteiger partial charge in [0.25, 0.3) is 0 Å². The van der Waals surface area contributed by atoms with E-state index in [1.807, 2.05) is 18.5 Å². The molecule has 3 rings (SSSR count). The van der Waals surface area contributed by atoms with Gasteiger partial charge in [0, 0.05) is 31.5 Å². The van der Waals surface area contributed by atoms with Crippen molar-refractivity contribution in [3.05, 3.63) is 18.5 Å². The second-order valence-electron chi connectivity index (χ2n) is 4.39. The molecule has 0 amide bonds. The number of fused-ring (bicyclic) bond motifs is 1. The molecule has 2 aliphatic heterocycles. The molecule has 2 atom stereocenters. The second kappa shape index (κ2) is 3.77. The van der Waals surface area contributed by atoms with Crippen LogP contribution in [0.1, 0.15) is 12.8 Å². The number of rotatable bonds is 1. The third-order valence-corrected chi connectivity index (χ3v) is 3.49. The van der Waals surface area contributed by atoms with E-state index in [1.165, 1.54) is 19.4 Å². The van der Waals surface area contributed by atoms with Gasteiger partial charge in [0.2, 0.25) is 5.95 Å². The largest absolute Gasteiger partial charge is 0.340 e. The summed E-state index contributed by atoms with van der Waals surface area (Å²) in [6, 6.07) is 2.61. The lowest BCUT2D eigenvalue weighted by molar-refractivity contribution is 0.373. The molecule has 1 aromatic rings. The van der Waals surface area contributed by atoms with E-state index in [4.69, 9.17) is 0 Å². The lowest BCUT2D eigenvalue weighted by Crippen LogP contribution is -2.45. The van der Waals surface area contributed by atoms with E-state index >= 15 is 0 Å². The van der Waals surface area contributed by atoms with Gasteiger partial charge in [-0.1, -0.05) is 0 Å². The van der Waals surface area contributed by atoms with E-state index in [2.05, 4.69) is 20.2 Å². The zero-order valence-electron chi connectivity index (χ0n) is 8.76. The SMILES string of the molecule is c1cnc(N2CCC3NCCC3C2)nc1. The van der Waals surface area contributed by atoms with Crippen molar-refractivity contribution in [2.75, 3.05) is 24.5 Å². The highest BCUT2D eigenvalue weighted by Gasteiger charge is 2.33. The van der Waals surface area contributed by atoms with Crippen molar-refractivity contribution < 1.29 is 0 Å². The van der Waals surface area contributed by atoms with Gasteiger partial charge < -0.3 is 10.2 Å². The first kappa shape index (κ1) is 9.09. The van der Waals surface area contributed by atoms with Crippen molar-refractivity contribution in [1.29, 1.82) is 0 Å². The molecule has 0 spiro atoms. The van der Waals surface area contributed by atoms with E-state index in [9.17, 15) is 0 Å². The normalized spacial score (nSPS) is 30.3. The highest BCUT2D eigenvalue weighted by atomic mass is 15.3. The quantitative estimate of drug-likeness (QED) is 0.730. The van der Waals surface area contributed by atoms with E-state index in [0.717, 1.165) is 31.0 Å². The summed E-state index contributed by atoms with van der Waals surface area (Å²) >= 11 is 0. The molecule has 4 heteroatoms. The topological polar surface area (TPSA) is 41.1 Å². The monoisotopic (exact) mass is 204 g/mol. The Morgan fingerprint density at radius 3 is 3.00 bits per heavy atom. The molecule has 2 aliphatic rings. The first-order valence-corrected chi connectivity index (χ1v) is 5.69.